The van der Waals surface area contributed by atoms with Crippen molar-refractivity contribution in [3.05, 3.63) is 71.3 Å². The minimum absolute atomic E-state index is 0.746. The summed E-state index contributed by atoms with van der Waals surface area (Å²) in [5.41, 5.74) is 3.70. The van der Waals surface area contributed by atoms with Gasteiger partial charge >= 0.3 is 0 Å². The lowest BCUT2D eigenvalue weighted by Crippen LogP contribution is -2.18. The van der Waals surface area contributed by atoms with Crippen molar-refractivity contribution >= 4 is 12.4 Å². The van der Waals surface area contributed by atoms with E-state index in [2.05, 4.69) is 65.4 Å². The lowest BCUT2D eigenvalue weighted by Gasteiger charge is -2.26. The van der Waals surface area contributed by atoms with Crippen molar-refractivity contribution in [3.8, 4) is 0 Å². The van der Waals surface area contributed by atoms with Crippen LogP contribution in [0, 0.1) is 18.8 Å². The van der Waals surface area contributed by atoms with E-state index < -0.39 is 0 Å². The molecule has 2 aromatic rings. The highest BCUT2D eigenvalue weighted by Crippen LogP contribution is 2.29. The fourth-order valence-corrected chi connectivity index (χ4v) is 3.40. The zero-order valence-electron chi connectivity index (χ0n) is 15.1. The first-order chi connectivity index (χ1) is 12.3. The largest absolute Gasteiger partial charge is 0.292 e. The molecule has 0 bridgehead atoms. The van der Waals surface area contributed by atoms with Gasteiger partial charge in [-0.15, -0.1) is 0 Å². The molecule has 0 aliphatic heterocycles. The van der Waals surface area contributed by atoms with Gasteiger partial charge in [-0.1, -0.05) is 60.2 Å². The molecule has 0 aromatic heterocycles. The van der Waals surface area contributed by atoms with E-state index >= 15 is 0 Å². The number of benzene rings is 2. The highest BCUT2D eigenvalue weighted by Gasteiger charge is 2.20. The zero-order valence-corrected chi connectivity index (χ0v) is 15.1. The predicted molar refractivity (Wildman–Crippen MR) is 108 cm³/mol. The van der Waals surface area contributed by atoms with E-state index in [0.29, 0.717) is 0 Å². The van der Waals surface area contributed by atoms with Crippen LogP contribution in [0.5, 0.6) is 0 Å². The quantitative estimate of drug-likeness (QED) is 0.638. The van der Waals surface area contributed by atoms with Gasteiger partial charge in [-0.05, 0) is 55.6 Å². The summed E-state index contributed by atoms with van der Waals surface area (Å²) in [5.74, 6) is 1.49. The van der Waals surface area contributed by atoms with E-state index in [1.54, 1.807) is 0 Å². The molecule has 2 aromatic carbocycles. The monoisotopic (exact) mass is 332 g/mol. The van der Waals surface area contributed by atoms with Gasteiger partial charge in [0.2, 0.25) is 0 Å². The molecule has 1 saturated carbocycles. The van der Waals surface area contributed by atoms with Crippen LogP contribution in [-0.2, 0) is 0 Å². The van der Waals surface area contributed by atoms with Gasteiger partial charge in [-0.2, -0.15) is 0 Å². The Morgan fingerprint density at radius 3 is 1.72 bits per heavy atom. The normalized spacial score (nSPS) is 21.2. The van der Waals surface area contributed by atoms with Crippen LogP contribution in [0.15, 0.2) is 64.6 Å². The van der Waals surface area contributed by atoms with Gasteiger partial charge in [-0.3, -0.25) is 9.98 Å². The maximum atomic E-state index is 4.67. The molecule has 0 unspecified atom stereocenters. The number of hydrogen-bond donors (Lipinski definition) is 0. The molecule has 0 radical (unpaired) electrons. The summed E-state index contributed by atoms with van der Waals surface area (Å²) in [6.45, 7) is 4.05. The lowest BCUT2D eigenvalue weighted by molar-refractivity contribution is 0.286. The number of hydrogen-bond acceptors (Lipinski definition) is 2. The molecule has 0 N–H and O–H groups in total. The molecule has 1 aliphatic carbocycles. The van der Waals surface area contributed by atoms with Crippen LogP contribution in [0.1, 0.15) is 42.4 Å². The van der Waals surface area contributed by atoms with Crippen molar-refractivity contribution in [1.29, 1.82) is 0 Å². The summed E-state index contributed by atoms with van der Waals surface area (Å²) in [4.78, 5) is 9.31. The van der Waals surface area contributed by atoms with Crippen LogP contribution in [0.4, 0.5) is 0 Å². The Labute approximate surface area is 151 Å². The van der Waals surface area contributed by atoms with Crippen LogP contribution < -0.4 is 0 Å². The van der Waals surface area contributed by atoms with Gasteiger partial charge in [0, 0.05) is 25.5 Å². The summed E-state index contributed by atoms with van der Waals surface area (Å²) in [6.07, 6.45) is 9.19. The molecule has 1 fully saturated rings. The van der Waals surface area contributed by atoms with E-state index in [-0.39, 0.29) is 0 Å². The Morgan fingerprint density at radius 1 is 0.720 bits per heavy atom. The van der Waals surface area contributed by atoms with E-state index in [4.69, 9.17) is 0 Å². The average molecular weight is 332 g/mol. The molecule has 3 rings (SSSR count). The van der Waals surface area contributed by atoms with Gasteiger partial charge in [0.1, 0.15) is 0 Å². The van der Waals surface area contributed by atoms with E-state index in [9.17, 15) is 0 Å². The molecular weight excluding hydrogens is 304 g/mol. The summed E-state index contributed by atoms with van der Waals surface area (Å²) in [6, 6.07) is 18.9. The molecule has 25 heavy (non-hydrogen) atoms. The topological polar surface area (TPSA) is 24.7 Å². The van der Waals surface area contributed by atoms with E-state index in [0.717, 1.165) is 24.9 Å². The van der Waals surface area contributed by atoms with Crippen molar-refractivity contribution in [2.75, 3.05) is 13.1 Å². The van der Waals surface area contributed by atoms with Gasteiger partial charge < -0.3 is 0 Å². The molecule has 0 heterocycles. The summed E-state index contributed by atoms with van der Waals surface area (Å²) >= 11 is 0. The maximum Gasteiger partial charge on any atom is 0.0417 e. The second-order valence-corrected chi connectivity index (χ2v) is 7.20. The first-order valence-electron chi connectivity index (χ1n) is 9.41. The second kappa shape index (κ2) is 9.31. The molecular formula is C23H28N2. The second-order valence-electron chi connectivity index (χ2n) is 7.20. The molecule has 2 nitrogen and oxygen atoms in total. The molecule has 1 aliphatic rings. The van der Waals surface area contributed by atoms with Gasteiger partial charge in [0.05, 0.1) is 0 Å². The number of aliphatic imine (C=N–C) groups is 2. The third-order valence-electron chi connectivity index (χ3n) is 5.05. The summed E-state index contributed by atoms with van der Waals surface area (Å²) in [5, 5.41) is 0. The minimum Gasteiger partial charge on any atom is -0.292 e. The Balaban J connectivity index is 1.37. The Bertz CT molecular complexity index is 678. The maximum absolute atomic E-state index is 4.67. The highest BCUT2D eigenvalue weighted by molar-refractivity contribution is 5.79. The van der Waals surface area contributed by atoms with Crippen LogP contribution in [0.3, 0.4) is 0 Å². The Morgan fingerprint density at radius 2 is 1.20 bits per heavy atom. The Kier molecular flexibility index (Phi) is 6.55. The molecule has 130 valence electrons. The standard InChI is InChI=1S/C23H28N2/c1-19-7-9-21(10-8-19)16-25-18-23-13-11-22(12-14-23)17-24-15-20-5-3-2-4-6-20/h2-10,15-16,22-23H,11-14,17-18H2,1H3. The third-order valence-corrected chi connectivity index (χ3v) is 5.05. The first-order valence-corrected chi connectivity index (χ1v) is 9.41. The van der Waals surface area contributed by atoms with Gasteiger partial charge in [0.25, 0.3) is 0 Å². The van der Waals surface area contributed by atoms with Crippen LogP contribution in [0.25, 0.3) is 0 Å². The highest BCUT2D eigenvalue weighted by atomic mass is 14.7. The molecule has 0 atom stereocenters. The van der Waals surface area contributed by atoms with Crippen molar-refractivity contribution in [3.63, 3.8) is 0 Å². The van der Waals surface area contributed by atoms with E-state index in [1.165, 1.54) is 42.4 Å². The zero-order chi connectivity index (χ0) is 17.3. The van der Waals surface area contributed by atoms with Crippen molar-refractivity contribution in [2.24, 2.45) is 21.8 Å². The van der Waals surface area contributed by atoms with Crippen molar-refractivity contribution in [1.82, 2.24) is 0 Å². The van der Waals surface area contributed by atoms with E-state index in [1.807, 2.05) is 18.5 Å². The molecule has 0 amide bonds. The summed E-state index contributed by atoms with van der Waals surface area (Å²) in [7, 11) is 0. The molecule has 0 saturated heterocycles. The number of rotatable bonds is 6. The number of nitrogens with zero attached hydrogens (tertiary/aromatic N) is 2. The Hall–Kier alpha value is -2.22. The number of aryl methyl sites for hydroxylation is 1. The predicted octanol–water partition coefficient (Wildman–Crippen LogP) is 5.34. The van der Waals surface area contributed by atoms with Gasteiger partial charge in [0.15, 0.2) is 0 Å². The fraction of sp³-hybridized carbons (Fsp3) is 0.391. The lowest BCUT2D eigenvalue weighted by atomic mass is 9.82. The summed E-state index contributed by atoms with van der Waals surface area (Å²) < 4.78 is 0. The van der Waals surface area contributed by atoms with Gasteiger partial charge in [-0.25, -0.2) is 0 Å². The van der Waals surface area contributed by atoms with Crippen molar-refractivity contribution in [2.45, 2.75) is 32.6 Å². The molecule has 0 spiro atoms. The third kappa shape index (κ3) is 5.97. The van der Waals surface area contributed by atoms with Crippen LogP contribution in [-0.4, -0.2) is 25.5 Å². The average Bonchev–Trinajstić information content (AvgIpc) is 2.66. The fourth-order valence-electron chi connectivity index (χ4n) is 3.40. The minimum atomic E-state index is 0.746. The molecule has 2 heteroatoms. The van der Waals surface area contributed by atoms with Crippen LogP contribution in [0.2, 0.25) is 0 Å². The SMILES string of the molecule is Cc1ccc(C=NCC2CCC(CN=Cc3ccccc3)CC2)cc1. The van der Waals surface area contributed by atoms with Crippen LogP contribution >= 0.6 is 0 Å². The smallest absolute Gasteiger partial charge is 0.0417 e. The van der Waals surface area contributed by atoms with Crippen molar-refractivity contribution < 1.29 is 0 Å². The first kappa shape index (κ1) is 17.6.